The van der Waals surface area contributed by atoms with Crippen LogP contribution in [0.15, 0.2) is 41.7 Å². The van der Waals surface area contributed by atoms with E-state index in [-0.39, 0.29) is 23.0 Å². The van der Waals surface area contributed by atoms with Crippen molar-refractivity contribution in [3.63, 3.8) is 0 Å². The van der Waals surface area contributed by atoms with Gasteiger partial charge in [0.05, 0.1) is 5.52 Å². The van der Waals surface area contributed by atoms with Gasteiger partial charge in [-0.1, -0.05) is 36.5 Å². The molecule has 1 amide bonds. The summed E-state index contributed by atoms with van der Waals surface area (Å²) in [5.74, 6) is -1.07. The Kier molecular flexibility index (Phi) is 4.62. The van der Waals surface area contributed by atoms with Crippen molar-refractivity contribution in [2.24, 2.45) is 0 Å². The SMILES string of the molecule is C=CCn1c(=O)c(C(=O)Nc2nnc(CC)s2)c(O)c2ccccc21. The number of rotatable bonds is 5. The molecule has 0 spiro atoms. The van der Waals surface area contributed by atoms with Gasteiger partial charge in [0.1, 0.15) is 16.3 Å². The molecule has 2 heterocycles. The number of anilines is 1. The third-order valence-corrected chi connectivity index (χ3v) is 4.66. The van der Waals surface area contributed by atoms with Crippen LogP contribution in [0.4, 0.5) is 5.13 Å². The summed E-state index contributed by atoms with van der Waals surface area (Å²) in [5.41, 5.74) is -0.381. The molecule has 25 heavy (non-hydrogen) atoms. The summed E-state index contributed by atoms with van der Waals surface area (Å²) < 4.78 is 1.40. The molecule has 2 N–H and O–H groups in total. The van der Waals surface area contributed by atoms with Crippen LogP contribution in [0.5, 0.6) is 5.75 Å². The lowest BCUT2D eigenvalue weighted by molar-refractivity contribution is 0.102. The van der Waals surface area contributed by atoms with Crippen LogP contribution in [0.25, 0.3) is 10.9 Å². The number of fused-ring (bicyclic) bond motifs is 1. The van der Waals surface area contributed by atoms with Gasteiger partial charge in [-0.15, -0.1) is 16.8 Å². The molecule has 2 aromatic heterocycles. The molecule has 128 valence electrons. The maximum atomic E-state index is 12.7. The molecule has 0 aliphatic rings. The van der Waals surface area contributed by atoms with E-state index < -0.39 is 11.5 Å². The number of carbonyl (C=O) groups excluding carboxylic acids is 1. The summed E-state index contributed by atoms with van der Waals surface area (Å²) in [6.45, 7) is 5.79. The number of aromatic hydroxyl groups is 1. The van der Waals surface area contributed by atoms with E-state index in [1.165, 1.54) is 15.9 Å². The van der Waals surface area contributed by atoms with Crippen molar-refractivity contribution in [2.45, 2.75) is 19.9 Å². The zero-order chi connectivity index (χ0) is 18.0. The number of aromatic nitrogens is 3. The van der Waals surface area contributed by atoms with Crippen molar-refractivity contribution in [1.82, 2.24) is 14.8 Å². The molecular formula is C17H16N4O3S. The molecule has 0 radical (unpaired) electrons. The number of pyridine rings is 1. The molecule has 0 fully saturated rings. The van der Waals surface area contributed by atoms with Gasteiger partial charge in [0.15, 0.2) is 0 Å². The molecule has 0 saturated carbocycles. The Labute approximate surface area is 147 Å². The van der Waals surface area contributed by atoms with Crippen molar-refractivity contribution in [3.8, 4) is 5.75 Å². The highest BCUT2D eigenvalue weighted by atomic mass is 32.1. The predicted molar refractivity (Wildman–Crippen MR) is 97.3 cm³/mol. The summed E-state index contributed by atoms with van der Waals surface area (Å²) in [5, 5.41) is 22.3. The van der Waals surface area contributed by atoms with Crippen molar-refractivity contribution in [1.29, 1.82) is 0 Å². The first-order chi connectivity index (χ1) is 12.1. The van der Waals surface area contributed by atoms with E-state index in [1.54, 1.807) is 30.3 Å². The molecule has 0 atom stereocenters. The van der Waals surface area contributed by atoms with Crippen LogP contribution in [0.3, 0.4) is 0 Å². The highest BCUT2D eigenvalue weighted by molar-refractivity contribution is 7.15. The first-order valence-electron chi connectivity index (χ1n) is 7.66. The van der Waals surface area contributed by atoms with E-state index in [2.05, 4.69) is 22.1 Å². The van der Waals surface area contributed by atoms with Gasteiger partial charge in [-0.2, -0.15) is 0 Å². The lowest BCUT2D eigenvalue weighted by Crippen LogP contribution is -2.29. The highest BCUT2D eigenvalue weighted by Crippen LogP contribution is 2.27. The minimum Gasteiger partial charge on any atom is -0.506 e. The van der Waals surface area contributed by atoms with E-state index in [0.29, 0.717) is 17.3 Å². The van der Waals surface area contributed by atoms with Crippen LogP contribution < -0.4 is 10.9 Å². The van der Waals surface area contributed by atoms with Crippen molar-refractivity contribution in [3.05, 3.63) is 57.8 Å². The first kappa shape index (κ1) is 16.8. The summed E-state index contributed by atoms with van der Waals surface area (Å²) in [6.07, 6.45) is 2.26. The molecule has 0 bridgehead atoms. The second-order valence-electron chi connectivity index (χ2n) is 5.25. The number of nitrogens with one attached hydrogen (secondary N) is 1. The van der Waals surface area contributed by atoms with Crippen LogP contribution in [0.2, 0.25) is 0 Å². The lowest BCUT2D eigenvalue weighted by atomic mass is 10.1. The molecule has 0 unspecified atom stereocenters. The van der Waals surface area contributed by atoms with Crippen LogP contribution in [0.1, 0.15) is 22.3 Å². The zero-order valence-electron chi connectivity index (χ0n) is 13.5. The van der Waals surface area contributed by atoms with Gasteiger partial charge in [0, 0.05) is 11.9 Å². The number of carbonyl (C=O) groups is 1. The van der Waals surface area contributed by atoms with E-state index in [1.807, 2.05) is 6.92 Å². The van der Waals surface area contributed by atoms with Crippen LogP contribution >= 0.6 is 11.3 Å². The maximum Gasteiger partial charge on any atom is 0.268 e. The quantitative estimate of drug-likeness (QED) is 0.685. The number of amides is 1. The summed E-state index contributed by atoms with van der Waals surface area (Å²) in [7, 11) is 0. The van der Waals surface area contributed by atoms with Gasteiger partial charge in [0.2, 0.25) is 5.13 Å². The van der Waals surface area contributed by atoms with Crippen molar-refractivity contribution >= 4 is 33.3 Å². The smallest absolute Gasteiger partial charge is 0.268 e. The highest BCUT2D eigenvalue weighted by Gasteiger charge is 2.22. The number of benzene rings is 1. The number of allylic oxidation sites excluding steroid dienone is 1. The average molecular weight is 356 g/mol. The molecule has 0 saturated heterocycles. The summed E-state index contributed by atoms with van der Waals surface area (Å²) in [6, 6.07) is 6.85. The number of aryl methyl sites for hydroxylation is 1. The fourth-order valence-electron chi connectivity index (χ4n) is 2.51. The molecular weight excluding hydrogens is 340 g/mol. The molecule has 3 rings (SSSR count). The van der Waals surface area contributed by atoms with E-state index in [4.69, 9.17) is 0 Å². The molecule has 0 aliphatic carbocycles. The largest absolute Gasteiger partial charge is 0.506 e. The second-order valence-corrected chi connectivity index (χ2v) is 6.32. The minimum absolute atomic E-state index is 0.221. The maximum absolute atomic E-state index is 12.7. The Bertz CT molecular complexity index is 1020. The molecule has 1 aromatic carbocycles. The Hall–Kier alpha value is -3.00. The van der Waals surface area contributed by atoms with Gasteiger partial charge >= 0.3 is 0 Å². The summed E-state index contributed by atoms with van der Waals surface area (Å²) >= 11 is 1.22. The van der Waals surface area contributed by atoms with Crippen molar-refractivity contribution in [2.75, 3.05) is 5.32 Å². The Balaban J connectivity index is 2.13. The topological polar surface area (TPSA) is 97.1 Å². The Morgan fingerprint density at radius 3 is 2.84 bits per heavy atom. The third kappa shape index (κ3) is 3.03. The standard InChI is InChI=1S/C17H16N4O3S/c1-3-9-21-11-8-6-5-7-10(11)14(22)13(16(21)24)15(23)18-17-20-19-12(4-2)25-17/h3,5-8,22H,1,4,9H2,2H3,(H,18,20,23). The first-order valence-corrected chi connectivity index (χ1v) is 8.47. The van der Waals surface area contributed by atoms with E-state index in [9.17, 15) is 14.7 Å². The Morgan fingerprint density at radius 1 is 1.40 bits per heavy atom. The Morgan fingerprint density at radius 2 is 2.16 bits per heavy atom. The molecule has 0 aliphatic heterocycles. The van der Waals surface area contributed by atoms with E-state index >= 15 is 0 Å². The molecule has 7 nitrogen and oxygen atoms in total. The van der Waals surface area contributed by atoms with E-state index in [0.717, 1.165) is 5.01 Å². The second kappa shape index (κ2) is 6.86. The fourth-order valence-corrected chi connectivity index (χ4v) is 3.19. The number of hydrogen-bond acceptors (Lipinski definition) is 6. The zero-order valence-corrected chi connectivity index (χ0v) is 14.3. The van der Waals surface area contributed by atoms with Crippen LogP contribution in [0, 0.1) is 0 Å². The van der Waals surface area contributed by atoms with Gasteiger partial charge < -0.3 is 9.67 Å². The van der Waals surface area contributed by atoms with Crippen LogP contribution in [-0.2, 0) is 13.0 Å². The minimum atomic E-state index is -0.718. The molecule has 3 aromatic rings. The van der Waals surface area contributed by atoms with Gasteiger partial charge in [0.25, 0.3) is 11.5 Å². The van der Waals surface area contributed by atoms with Crippen LogP contribution in [-0.4, -0.2) is 25.8 Å². The third-order valence-electron chi connectivity index (χ3n) is 3.67. The van der Waals surface area contributed by atoms with Gasteiger partial charge in [-0.25, -0.2) is 0 Å². The fraction of sp³-hybridized carbons (Fsp3) is 0.176. The number of hydrogen-bond donors (Lipinski definition) is 2. The van der Waals surface area contributed by atoms with Gasteiger partial charge in [-0.05, 0) is 18.6 Å². The molecule has 8 heteroatoms. The van der Waals surface area contributed by atoms with Crippen molar-refractivity contribution < 1.29 is 9.90 Å². The average Bonchev–Trinajstić information content (AvgIpc) is 3.06. The number of nitrogens with zero attached hydrogens (tertiary/aromatic N) is 3. The predicted octanol–water partition coefficient (Wildman–Crippen LogP) is 2.56. The normalized spacial score (nSPS) is 10.8. The lowest BCUT2D eigenvalue weighted by Gasteiger charge is -2.13. The van der Waals surface area contributed by atoms with Gasteiger partial charge in [-0.3, -0.25) is 14.9 Å². The number of para-hydroxylation sites is 1. The monoisotopic (exact) mass is 356 g/mol. The summed E-state index contributed by atoms with van der Waals surface area (Å²) in [4.78, 5) is 25.3.